The highest BCUT2D eigenvalue weighted by atomic mass is 28.4. The van der Waals surface area contributed by atoms with Crippen LogP contribution in [0.2, 0.25) is 6.04 Å². The fraction of sp³-hybridized carbons (Fsp3) is 0.812. The van der Waals surface area contributed by atoms with Crippen molar-refractivity contribution >= 4 is 8.80 Å². The molecular formula is C16H33N2O3Si+. The van der Waals surface area contributed by atoms with Gasteiger partial charge in [-0.25, -0.2) is 9.13 Å². The van der Waals surface area contributed by atoms with Gasteiger partial charge < -0.3 is 13.3 Å². The van der Waals surface area contributed by atoms with Gasteiger partial charge in [-0.05, 0) is 33.6 Å². The molecule has 0 unspecified atom stereocenters. The van der Waals surface area contributed by atoms with Crippen LogP contribution in [-0.4, -0.2) is 33.2 Å². The molecule has 0 aliphatic rings. The lowest BCUT2D eigenvalue weighted by atomic mass is 10.4. The van der Waals surface area contributed by atoms with Crippen molar-refractivity contribution < 1.29 is 17.8 Å². The average Bonchev–Trinajstić information content (AvgIpc) is 2.82. The lowest BCUT2D eigenvalue weighted by molar-refractivity contribution is -0.702. The zero-order valence-corrected chi connectivity index (χ0v) is 15.9. The van der Waals surface area contributed by atoms with Crippen molar-refractivity contribution in [3.05, 3.63) is 18.2 Å². The molecule has 1 aromatic rings. The SMILES string of the molecule is CCC[n+]1ccn(CCC[Si](OCC)(OCC)OCC)c1C. The van der Waals surface area contributed by atoms with E-state index in [0.717, 1.165) is 32.0 Å². The average molecular weight is 330 g/mol. The van der Waals surface area contributed by atoms with Crippen LogP contribution >= 0.6 is 0 Å². The second-order valence-electron chi connectivity index (χ2n) is 5.32. The summed E-state index contributed by atoms with van der Waals surface area (Å²) in [4.78, 5) is 0. The lowest BCUT2D eigenvalue weighted by Crippen LogP contribution is -2.46. The quantitative estimate of drug-likeness (QED) is 0.437. The molecular weight excluding hydrogens is 296 g/mol. The summed E-state index contributed by atoms with van der Waals surface area (Å²) in [5, 5.41) is 0. The second-order valence-corrected chi connectivity index (χ2v) is 8.05. The Labute approximate surface area is 136 Å². The van der Waals surface area contributed by atoms with E-state index >= 15 is 0 Å². The summed E-state index contributed by atoms with van der Waals surface area (Å²) in [7, 11) is -2.50. The summed E-state index contributed by atoms with van der Waals surface area (Å²) in [6, 6.07) is 0.869. The van der Waals surface area contributed by atoms with Crippen molar-refractivity contribution in [2.75, 3.05) is 19.8 Å². The Morgan fingerprint density at radius 1 is 1.05 bits per heavy atom. The molecule has 5 nitrogen and oxygen atoms in total. The predicted molar refractivity (Wildman–Crippen MR) is 89.7 cm³/mol. The molecule has 0 amide bonds. The van der Waals surface area contributed by atoms with Gasteiger partial charge in [-0.15, -0.1) is 0 Å². The van der Waals surface area contributed by atoms with E-state index in [2.05, 4.69) is 35.4 Å². The van der Waals surface area contributed by atoms with Gasteiger partial charge in [-0.2, -0.15) is 0 Å². The molecule has 22 heavy (non-hydrogen) atoms. The Morgan fingerprint density at radius 2 is 1.64 bits per heavy atom. The summed E-state index contributed by atoms with van der Waals surface area (Å²) in [6.07, 6.45) is 6.49. The predicted octanol–water partition coefficient (Wildman–Crippen LogP) is 2.93. The summed E-state index contributed by atoms with van der Waals surface area (Å²) < 4.78 is 22.3. The van der Waals surface area contributed by atoms with Crippen molar-refractivity contribution in [3.8, 4) is 0 Å². The van der Waals surface area contributed by atoms with E-state index in [-0.39, 0.29) is 0 Å². The molecule has 0 N–H and O–H groups in total. The Bertz CT molecular complexity index is 407. The summed E-state index contributed by atoms with van der Waals surface area (Å²) in [5.74, 6) is 1.30. The highest BCUT2D eigenvalue weighted by Crippen LogP contribution is 2.19. The molecule has 0 aromatic carbocycles. The molecule has 128 valence electrons. The Kier molecular flexibility index (Phi) is 8.93. The van der Waals surface area contributed by atoms with Gasteiger partial charge in [-0.3, -0.25) is 0 Å². The van der Waals surface area contributed by atoms with Crippen LogP contribution in [0.4, 0.5) is 0 Å². The van der Waals surface area contributed by atoms with Crippen LogP contribution in [0.15, 0.2) is 12.4 Å². The third-order valence-corrected chi connectivity index (χ3v) is 6.85. The largest absolute Gasteiger partial charge is 0.501 e. The number of imidazole rings is 1. The fourth-order valence-corrected chi connectivity index (χ4v) is 5.32. The Hall–Kier alpha value is -0.693. The first-order chi connectivity index (χ1) is 10.6. The number of aryl methyl sites for hydroxylation is 2. The van der Waals surface area contributed by atoms with E-state index in [1.54, 1.807) is 0 Å². The summed E-state index contributed by atoms with van der Waals surface area (Å²) in [5.41, 5.74) is 0. The molecule has 0 saturated heterocycles. The first kappa shape index (κ1) is 19.4. The van der Waals surface area contributed by atoms with Crippen molar-refractivity contribution in [1.82, 2.24) is 4.57 Å². The number of aromatic nitrogens is 2. The molecule has 6 heteroatoms. The monoisotopic (exact) mass is 329 g/mol. The van der Waals surface area contributed by atoms with Crippen LogP contribution in [0.3, 0.4) is 0 Å². The second kappa shape index (κ2) is 10.2. The van der Waals surface area contributed by atoms with Gasteiger partial charge in [0.1, 0.15) is 12.4 Å². The van der Waals surface area contributed by atoms with Crippen LogP contribution in [0.25, 0.3) is 0 Å². The van der Waals surface area contributed by atoms with Crippen LogP contribution in [0.5, 0.6) is 0 Å². The van der Waals surface area contributed by atoms with E-state index in [4.69, 9.17) is 13.3 Å². The third kappa shape index (κ3) is 5.50. The molecule has 0 atom stereocenters. The van der Waals surface area contributed by atoms with Crippen molar-refractivity contribution in [2.45, 2.75) is 66.6 Å². The van der Waals surface area contributed by atoms with E-state index in [1.165, 1.54) is 5.82 Å². The van der Waals surface area contributed by atoms with Gasteiger partial charge in [0.25, 0.3) is 5.82 Å². The zero-order chi connectivity index (χ0) is 16.4. The van der Waals surface area contributed by atoms with Gasteiger partial charge in [0.2, 0.25) is 0 Å². The van der Waals surface area contributed by atoms with E-state index in [0.29, 0.717) is 19.8 Å². The van der Waals surface area contributed by atoms with Crippen molar-refractivity contribution in [1.29, 1.82) is 0 Å². The molecule has 1 heterocycles. The minimum Gasteiger partial charge on any atom is -0.374 e. The fourth-order valence-electron chi connectivity index (χ4n) is 2.72. The molecule has 0 aliphatic carbocycles. The van der Waals surface area contributed by atoms with E-state index in [9.17, 15) is 0 Å². The normalized spacial score (nSPS) is 12.0. The summed E-state index contributed by atoms with van der Waals surface area (Å²) in [6.45, 7) is 14.4. The van der Waals surface area contributed by atoms with Crippen LogP contribution in [-0.2, 0) is 26.4 Å². The zero-order valence-electron chi connectivity index (χ0n) is 14.9. The Morgan fingerprint density at radius 3 is 2.14 bits per heavy atom. The van der Waals surface area contributed by atoms with Crippen LogP contribution < -0.4 is 4.57 Å². The number of hydrogen-bond acceptors (Lipinski definition) is 3. The minimum absolute atomic E-state index is 0.644. The van der Waals surface area contributed by atoms with Crippen LogP contribution in [0.1, 0.15) is 46.4 Å². The third-order valence-electron chi connectivity index (χ3n) is 3.70. The standard InChI is InChI=1S/C16H33N2O3Si/c1-6-11-17-13-14-18(16(17)5)12-10-15-22(19-7-2,20-8-3)21-9-4/h13-14H,6-12,15H2,1-5H3/q+1. The van der Waals surface area contributed by atoms with Crippen molar-refractivity contribution in [2.24, 2.45) is 0 Å². The molecule has 0 fully saturated rings. The van der Waals surface area contributed by atoms with E-state index < -0.39 is 8.80 Å². The maximum atomic E-state index is 5.90. The van der Waals surface area contributed by atoms with Gasteiger partial charge in [0, 0.05) is 32.8 Å². The number of hydrogen-bond donors (Lipinski definition) is 0. The lowest BCUT2D eigenvalue weighted by Gasteiger charge is -2.28. The Balaban J connectivity index is 2.61. The molecule has 0 spiro atoms. The first-order valence-electron chi connectivity index (χ1n) is 8.59. The molecule has 0 radical (unpaired) electrons. The molecule has 1 rings (SSSR count). The molecule has 0 saturated carbocycles. The van der Waals surface area contributed by atoms with Gasteiger partial charge in [0.05, 0.1) is 13.1 Å². The van der Waals surface area contributed by atoms with E-state index in [1.807, 2.05) is 20.8 Å². The topological polar surface area (TPSA) is 36.5 Å². The smallest absolute Gasteiger partial charge is 0.374 e. The first-order valence-corrected chi connectivity index (χ1v) is 10.5. The summed E-state index contributed by atoms with van der Waals surface area (Å²) >= 11 is 0. The van der Waals surface area contributed by atoms with Crippen molar-refractivity contribution in [3.63, 3.8) is 0 Å². The molecule has 1 aromatic heterocycles. The highest BCUT2D eigenvalue weighted by Gasteiger charge is 2.39. The maximum absolute atomic E-state index is 5.90. The molecule has 0 aliphatic heterocycles. The maximum Gasteiger partial charge on any atom is 0.501 e. The number of nitrogens with zero attached hydrogens (tertiary/aromatic N) is 2. The van der Waals surface area contributed by atoms with Gasteiger partial charge >= 0.3 is 8.80 Å². The van der Waals surface area contributed by atoms with Gasteiger partial charge in [0.15, 0.2) is 0 Å². The van der Waals surface area contributed by atoms with Gasteiger partial charge in [-0.1, -0.05) is 6.92 Å². The molecule has 0 bridgehead atoms. The number of rotatable bonds is 12. The highest BCUT2D eigenvalue weighted by molar-refractivity contribution is 6.60. The minimum atomic E-state index is -2.50. The van der Waals surface area contributed by atoms with Crippen LogP contribution in [0, 0.1) is 6.92 Å².